The maximum atomic E-state index is 13.1. The van der Waals surface area contributed by atoms with E-state index in [0.717, 1.165) is 72.1 Å². The molecule has 8 nitrogen and oxygen atoms in total. The van der Waals surface area contributed by atoms with Gasteiger partial charge in [0.2, 0.25) is 5.95 Å². The summed E-state index contributed by atoms with van der Waals surface area (Å²) < 4.78 is 1.06. The number of carbonyl (C=O) groups excluding carboxylic acids is 1. The maximum Gasteiger partial charge on any atom is 0.263 e. The number of thiophene rings is 1. The molecule has 1 aliphatic heterocycles. The van der Waals surface area contributed by atoms with Crippen LogP contribution >= 0.6 is 11.3 Å². The van der Waals surface area contributed by atoms with E-state index in [2.05, 4.69) is 50.0 Å². The third-order valence-electron chi connectivity index (χ3n) is 7.70. The van der Waals surface area contributed by atoms with Crippen LogP contribution in [0.25, 0.3) is 10.1 Å². The molecule has 0 spiro atoms. The molecule has 1 aliphatic carbocycles. The molecule has 2 aliphatic rings. The summed E-state index contributed by atoms with van der Waals surface area (Å²) in [5.41, 5.74) is 2.26. The zero-order chi connectivity index (χ0) is 25.2. The van der Waals surface area contributed by atoms with Crippen LogP contribution in [0, 0.1) is 5.92 Å². The number of fused-ring (bicyclic) bond motifs is 1. The lowest BCUT2D eigenvalue weighted by molar-refractivity contribution is 0.0830. The van der Waals surface area contributed by atoms with Crippen molar-refractivity contribution < 1.29 is 4.79 Å². The van der Waals surface area contributed by atoms with Gasteiger partial charge < -0.3 is 20.0 Å². The van der Waals surface area contributed by atoms with Crippen LogP contribution in [-0.2, 0) is 0 Å². The number of nitrogens with one attached hydrogen (secondary N) is 1. The number of rotatable bonds is 6. The van der Waals surface area contributed by atoms with Crippen LogP contribution in [0.2, 0.25) is 0 Å². The van der Waals surface area contributed by atoms with Crippen molar-refractivity contribution in [1.29, 1.82) is 0 Å². The molecule has 9 heteroatoms. The average molecular weight is 508 g/mol. The van der Waals surface area contributed by atoms with Crippen LogP contribution in [0.5, 0.6) is 0 Å². The summed E-state index contributed by atoms with van der Waals surface area (Å²) in [7, 11) is 3.66. The molecule has 0 atom stereocenters. The molecule has 0 aromatic carbocycles. The van der Waals surface area contributed by atoms with Gasteiger partial charge in [-0.3, -0.25) is 4.79 Å². The Morgan fingerprint density at radius 2 is 1.75 bits per heavy atom. The molecular formula is C27H37N7OS. The summed E-state index contributed by atoms with van der Waals surface area (Å²) in [6.45, 7) is 9.77. The second kappa shape index (κ2) is 10.7. The van der Waals surface area contributed by atoms with E-state index < -0.39 is 0 Å². The molecule has 3 aromatic heterocycles. The van der Waals surface area contributed by atoms with Crippen molar-refractivity contribution in [2.45, 2.75) is 45.4 Å². The quantitative estimate of drug-likeness (QED) is 0.505. The molecule has 0 bridgehead atoms. The lowest BCUT2D eigenvalue weighted by Crippen LogP contribution is -2.46. The number of hydrogen-bond donors (Lipinski definition) is 1. The van der Waals surface area contributed by atoms with Gasteiger partial charge in [0.15, 0.2) is 0 Å². The molecule has 4 heterocycles. The third-order valence-corrected chi connectivity index (χ3v) is 8.85. The number of carbonyl (C=O) groups is 1. The van der Waals surface area contributed by atoms with E-state index in [9.17, 15) is 4.79 Å². The zero-order valence-electron chi connectivity index (χ0n) is 21.8. The van der Waals surface area contributed by atoms with Gasteiger partial charge in [-0.15, -0.1) is 11.3 Å². The van der Waals surface area contributed by atoms with Crippen LogP contribution in [0.4, 0.5) is 17.5 Å². The first kappa shape index (κ1) is 24.9. The fourth-order valence-corrected chi connectivity index (χ4v) is 6.65. The van der Waals surface area contributed by atoms with Crippen LogP contribution < -0.4 is 10.2 Å². The number of aromatic nitrogens is 3. The number of anilines is 3. The fraction of sp³-hybridized carbons (Fsp3) is 0.556. The van der Waals surface area contributed by atoms with Gasteiger partial charge in [-0.1, -0.05) is 26.7 Å². The maximum absolute atomic E-state index is 13.1. The van der Waals surface area contributed by atoms with Gasteiger partial charge in [0.05, 0.1) is 27.7 Å². The predicted molar refractivity (Wildman–Crippen MR) is 148 cm³/mol. The highest BCUT2D eigenvalue weighted by atomic mass is 32.1. The molecule has 1 N–H and O–H groups in total. The van der Waals surface area contributed by atoms with Crippen LogP contribution in [0.3, 0.4) is 0 Å². The topological polar surface area (TPSA) is 77.5 Å². The van der Waals surface area contributed by atoms with Crippen molar-refractivity contribution in [3.05, 3.63) is 35.1 Å². The van der Waals surface area contributed by atoms with Gasteiger partial charge in [0.25, 0.3) is 5.91 Å². The second-order valence-electron chi connectivity index (χ2n) is 10.4. The highest BCUT2D eigenvalue weighted by Gasteiger charge is 2.29. The molecule has 2 fully saturated rings. The molecular weight excluding hydrogens is 470 g/mol. The van der Waals surface area contributed by atoms with Crippen molar-refractivity contribution in [2.24, 2.45) is 5.92 Å². The highest BCUT2D eigenvalue weighted by molar-refractivity contribution is 7.21. The molecule has 1 amide bonds. The van der Waals surface area contributed by atoms with E-state index in [1.54, 1.807) is 16.2 Å². The van der Waals surface area contributed by atoms with Gasteiger partial charge >= 0.3 is 0 Å². The van der Waals surface area contributed by atoms with Gasteiger partial charge in [-0.2, -0.15) is 0 Å². The first-order valence-electron chi connectivity index (χ1n) is 13.1. The van der Waals surface area contributed by atoms with Gasteiger partial charge in [-0.25, -0.2) is 15.0 Å². The van der Waals surface area contributed by atoms with E-state index in [-0.39, 0.29) is 5.91 Å². The zero-order valence-corrected chi connectivity index (χ0v) is 22.6. The Bertz CT molecular complexity index is 1190. The van der Waals surface area contributed by atoms with E-state index in [4.69, 9.17) is 0 Å². The third kappa shape index (κ3) is 5.18. The van der Waals surface area contributed by atoms with Crippen molar-refractivity contribution in [2.75, 3.05) is 57.0 Å². The molecule has 0 radical (unpaired) electrons. The van der Waals surface area contributed by atoms with E-state index in [0.29, 0.717) is 17.7 Å². The number of piperazine rings is 1. The largest absolute Gasteiger partial charge is 0.366 e. The monoisotopic (exact) mass is 507 g/mol. The summed E-state index contributed by atoms with van der Waals surface area (Å²) in [5.74, 6) is 2.49. The fourth-order valence-electron chi connectivity index (χ4n) is 5.39. The summed E-state index contributed by atoms with van der Waals surface area (Å²) in [6.07, 6.45) is 10.3. The van der Waals surface area contributed by atoms with Crippen molar-refractivity contribution in [3.8, 4) is 0 Å². The molecule has 1 saturated heterocycles. The number of nitrogens with zero attached hydrogens (tertiary/aromatic N) is 6. The molecule has 0 unspecified atom stereocenters. The molecule has 36 heavy (non-hydrogen) atoms. The van der Waals surface area contributed by atoms with Crippen molar-refractivity contribution in [1.82, 2.24) is 24.8 Å². The minimum absolute atomic E-state index is 0.0815. The van der Waals surface area contributed by atoms with Crippen LogP contribution in [0.15, 0.2) is 24.7 Å². The summed E-state index contributed by atoms with van der Waals surface area (Å²) in [6, 6.07) is 2.08. The standard InChI is InChI=1S/C27H37N7OS/c1-5-33-10-12-34(13-11-33)20-15-29-27(30-16-20)31-23-14-21-22(17-28-23)36-25(26(35)32(3)4)24(21)19-8-6-18(2)7-9-19/h14-19H,5-13H2,1-4H3,(H,28,29,30,31). The molecule has 192 valence electrons. The lowest BCUT2D eigenvalue weighted by Gasteiger charge is -2.35. The Hall–Kier alpha value is -2.78. The average Bonchev–Trinajstić information content (AvgIpc) is 3.28. The summed E-state index contributed by atoms with van der Waals surface area (Å²) in [4.78, 5) is 34.2. The first-order valence-corrected chi connectivity index (χ1v) is 13.9. The van der Waals surface area contributed by atoms with E-state index in [1.807, 2.05) is 32.7 Å². The molecule has 3 aromatic rings. The van der Waals surface area contributed by atoms with Crippen molar-refractivity contribution in [3.63, 3.8) is 0 Å². The van der Waals surface area contributed by atoms with E-state index in [1.165, 1.54) is 18.4 Å². The summed E-state index contributed by atoms with van der Waals surface area (Å²) >= 11 is 1.57. The molecule has 5 rings (SSSR count). The Kier molecular flexibility index (Phi) is 7.39. The van der Waals surface area contributed by atoms with Crippen LogP contribution in [-0.4, -0.2) is 77.5 Å². The van der Waals surface area contributed by atoms with Gasteiger partial charge in [-0.05, 0) is 42.9 Å². The minimum Gasteiger partial charge on any atom is -0.366 e. The highest BCUT2D eigenvalue weighted by Crippen LogP contribution is 2.44. The SMILES string of the molecule is CCN1CCN(c2cnc(Nc3cc4c(C5CCC(C)CC5)c(C(=O)N(C)C)sc4cn3)nc2)CC1. The first-order chi connectivity index (χ1) is 17.4. The normalized spacial score (nSPS) is 21.1. The lowest BCUT2D eigenvalue weighted by atomic mass is 9.78. The van der Waals surface area contributed by atoms with E-state index >= 15 is 0 Å². The smallest absolute Gasteiger partial charge is 0.263 e. The number of pyridine rings is 1. The molecule has 1 saturated carbocycles. The Morgan fingerprint density at radius 1 is 1.06 bits per heavy atom. The second-order valence-corrected chi connectivity index (χ2v) is 11.4. The number of amides is 1. The van der Waals surface area contributed by atoms with Crippen LogP contribution in [0.1, 0.15) is 60.7 Å². The Morgan fingerprint density at radius 3 is 2.39 bits per heavy atom. The minimum atomic E-state index is 0.0815. The Labute approximate surface area is 217 Å². The Balaban J connectivity index is 1.39. The van der Waals surface area contributed by atoms with Gasteiger partial charge in [0.1, 0.15) is 5.82 Å². The predicted octanol–water partition coefficient (Wildman–Crippen LogP) is 4.97. The summed E-state index contributed by atoms with van der Waals surface area (Å²) in [5, 5.41) is 4.42. The number of likely N-dealkylation sites (N-methyl/N-ethyl adjacent to an activating group) is 1. The van der Waals surface area contributed by atoms with Crippen molar-refractivity contribution >= 4 is 44.8 Å². The van der Waals surface area contributed by atoms with Gasteiger partial charge in [0, 0.05) is 51.9 Å². The number of hydrogen-bond acceptors (Lipinski definition) is 8.